The van der Waals surface area contributed by atoms with Gasteiger partial charge >= 0.3 is 0 Å². The molecule has 1 N–H and O–H groups in total. The number of aromatic nitrogens is 2. The molecule has 0 aliphatic carbocycles. The summed E-state index contributed by atoms with van der Waals surface area (Å²) in [5.41, 5.74) is 3.65. The van der Waals surface area contributed by atoms with Gasteiger partial charge < -0.3 is 10.1 Å². The Balaban J connectivity index is 2.31. The maximum Gasteiger partial charge on any atom is 0.119 e. The average molecular weight is 273 g/mol. The van der Waals surface area contributed by atoms with Crippen LogP contribution in [0.2, 0.25) is 0 Å². The number of hydrogen-bond acceptors (Lipinski definition) is 3. The number of benzene rings is 1. The minimum absolute atomic E-state index is 0.867. The van der Waals surface area contributed by atoms with Crippen molar-refractivity contribution in [3.05, 3.63) is 41.7 Å². The van der Waals surface area contributed by atoms with Crippen molar-refractivity contribution >= 4 is 0 Å². The third-order valence-corrected chi connectivity index (χ3v) is 3.32. The molecule has 0 aliphatic heterocycles. The van der Waals surface area contributed by atoms with Crippen LogP contribution in [0.3, 0.4) is 0 Å². The van der Waals surface area contributed by atoms with Crippen molar-refractivity contribution in [2.45, 2.75) is 33.2 Å². The zero-order valence-corrected chi connectivity index (χ0v) is 12.5. The second kappa shape index (κ2) is 7.10. The third kappa shape index (κ3) is 3.20. The smallest absolute Gasteiger partial charge is 0.119 e. The maximum absolute atomic E-state index is 5.20. The molecule has 2 aromatic rings. The quantitative estimate of drug-likeness (QED) is 0.843. The van der Waals surface area contributed by atoms with Gasteiger partial charge in [0.05, 0.1) is 19.0 Å². The number of methoxy groups -OCH3 is 1. The number of hydrogen-bond donors (Lipinski definition) is 1. The van der Waals surface area contributed by atoms with Crippen LogP contribution in [-0.4, -0.2) is 23.4 Å². The Hall–Kier alpha value is -1.81. The molecule has 20 heavy (non-hydrogen) atoms. The third-order valence-electron chi connectivity index (χ3n) is 3.32. The molecule has 0 saturated heterocycles. The zero-order chi connectivity index (χ0) is 14.4. The lowest BCUT2D eigenvalue weighted by molar-refractivity contribution is 0.414. The van der Waals surface area contributed by atoms with E-state index in [4.69, 9.17) is 4.74 Å². The van der Waals surface area contributed by atoms with Crippen LogP contribution in [0.5, 0.6) is 5.75 Å². The van der Waals surface area contributed by atoms with Crippen LogP contribution in [0, 0.1) is 0 Å². The molecule has 1 aromatic heterocycles. The molecular weight excluding hydrogens is 250 g/mol. The number of rotatable bonds is 7. The lowest BCUT2D eigenvalue weighted by Gasteiger charge is -2.10. The second-order valence-corrected chi connectivity index (χ2v) is 4.76. The molecule has 4 heteroatoms. The van der Waals surface area contributed by atoms with E-state index in [-0.39, 0.29) is 0 Å². The van der Waals surface area contributed by atoms with Gasteiger partial charge in [-0.2, -0.15) is 5.10 Å². The summed E-state index contributed by atoms with van der Waals surface area (Å²) in [5.74, 6) is 0.867. The monoisotopic (exact) mass is 273 g/mol. The summed E-state index contributed by atoms with van der Waals surface area (Å²) in [6.07, 6.45) is 4.12. The molecule has 0 aliphatic rings. The highest BCUT2D eigenvalue weighted by atomic mass is 16.5. The fourth-order valence-electron chi connectivity index (χ4n) is 2.26. The second-order valence-electron chi connectivity index (χ2n) is 4.76. The summed E-state index contributed by atoms with van der Waals surface area (Å²) in [4.78, 5) is 0. The largest absolute Gasteiger partial charge is 0.497 e. The Morgan fingerprint density at radius 3 is 2.55 bits per heavy atom. The van der Waals surface area contributed by atoms with E-state index in [1.54, 1.807) is 7.11 Å². The van der Waals surface area contributed by atoms with Crippen molar-refractivity contribution in [2.24, 2.45) is 0 Å². The van der Waals surface area contributed by atoms with Gasteiger partial charge in [0.25, 0.3) is 0 Å². The number of nitrogens with one attached hydrogen (secondary N) is 1. The number of ether oxygens (including phenoxy) is 1. The highest BCUT2D eigenvalue weighted by molar-refractivity contribution is 5.39. The van der Waals surface area contributed by atoms with Crippen molar-refractivity contribution in [2.75, 3.05) is 13.7 Å². The summed E-state index contributed by atoms with van der Waals surface area (Å²) in [5, 5.41) is 7.92. The van der Waals surface area contributed by atoms with Gasteiger partial charge in [0, 0.05) is 17.8 Å². The number of nitrogens with zero attached hydrogens (tertiary/aromatic N) is 2. The standard InChI is InChI=1S/C16H23N3O/c1-4-6-16-13(11-17-5-2)12-18-19(16)14-7-9-15(20-3)10-8-14/h7-10,12,17H,4-6,11H2,1-3H3. The van der Waals surface area contributed by atoms with E-state index in [0.717, 1.165) is 37.4 Å². The van der Waals surface area contributed by atoms with E-state index in [1.807, 2.05) is 35.1 Å². The van der Waals surface area contributed by atoms with Gasteiger partial charge in [0.1, 0.15) is 5.75 Å². The molecule has 0 spiro atoms. The maximum atomic E-state index is 5.20. The summed E-state index contributed by atoms with van der Waals surface area (Å²) in [6, 6.07) is 8.03. The van der Waals surface area contributed by atoms with Crippen LogP contribution in [0.15, 0.2) is 30.5 Å². The Bertz CT molecular complexity index is 531. The molecule has 0 amide bonds. The van der Waals surface area contributed by atoms with Crippen molar-refractivity contribution in [1.29, 1.82) is 0 Å². The van der Waals surface area contributed by atoms with Crippen LogP contribution in [0.25, 0.3) is 5.69 Å². The first-order valence-corrected chi connectivity index (χ1v) is 7.21. The Labute approximate surface area is 120 Å². The molecule has 4 nitrogen and oxygen atoms in total. The molecule has 0 bridgehead atoms. The molecule has 0 saturated carbocycles. The van der Waals surface area contributed by atoms with Crippen molar-refractivity contribution < 1.29 is 4.74 Å². The van der Waals surface area contributed by atoms with Crippen molar-refractivity contribution in [3.63, 3.8) is 0 Å². The van der Waals surface area contributed by atoms with Crippen LogP contribution in [0.1, 0.15) is 31.5 Å². The molecule has 1 heterocycles. The first-order chi connectivity index (χ1) is 9.80. The highest BCUT2D eigenvalue weighted by Crippen LogP contribution is 2.19. The molecule has 108 valence electrons. The van der Waals surface area contributed by atoms with Gasteiger partial charge in [-0.3, -0.25) is 0 Å². The Kier molecular flexibility index (Phi) is 5.18. The molecule has 0 fully saturated rings. The highest BCUT2D eigenvalue weighted by Gasteiger charge is 2.11. The van der Waals surface area contributed by atoms with E-state index < -0.39 is 0 Å². The fraction of sp³-hybridized carbons (Fsp3) is 0.438. The van der Waals surface area contributed by atoms with Gasteiger partial charge in [-0.25, -0.2) is 4.68 Å². The van der Waals surface area contributed by atoms with Gasteiger partial charge in [0.2, 0.25) is 0 Å². The molecule has 1 aromatic carbocycles. The first-order valence-electron chi connectivity index (χ1n) is 7.21. The summed E-state index contributed by atoms with van der Waals surface area (Å²) >= 11 is 0. The normalized spacial score (nSPS) is 10.8. The van der Waals surface area contributed by atoms with Crippen LogP contribution >= 0.6 is 0 Å². The summed E-state index contributed by atoms with van der Waals surface area (Å²) < 4.78 is 7.24. The van der Waals surface area contributed by atoms with Crippen LogP contribution in [0.4, 0.5) is 0 Å². The van der Waals surface area contributed by atoms with E-state index in [0.29, 0.717) is 0 Å². The van der Waals surface area contributed by atoms with Crippen LogP contribution < -0.4 is 10.1 Å². The molecule has 0 unspecified atom stereocenters. The van der Waals surface area contributed by atoms with Gasteiger partial charge in [-0.15, -0.1) is 0 Å². The molecule has 0 radical (unpaired) electrons. The van der Waals surface area contributed by atoms with E-state index in [1.165, 1.54) is 11.3 Å². The average Bonchev–Trinajstić information content (AvgIpc) is 2.88. The minimum atomic E-state index is 0.867. The van der Waals surface area contributed by atoms with E-state index >= 15 is 0 Å². The lowest BCUT2D eigenvalue weighted by atomic mass is 10.1. The van der Waals surface area contributed by atoms with E-state index in [2.05, 4.69) is 24.3 Å². The van der Waals surface area contributed by atoms with Gasteiger partial charge in [0.15, 0.2) is 0 Å². The minimum Gasteiger partial charge on any atom is -0.497 e. The molecule has 2 rings (SSSR count). The summed E-state index contributed by atoms with van der Waals surface area (Å²) in [6.45, 7) is 6.16. The van der Waals surface area contributed by atoms with Crippen LogP contribution in [-0.2, 0) is 13.0 Å². The fourth-order valence-corrected chi connectivity index (χ4v) is 2.26. The van der Waals surface area contributed by atoms with Gasteiger partial charge in [-0.05, 0) is 37.2 Å². The SMILES string of the molecule is CCCc1c(CNCC)cnn1-c1ccc(OC)cc1. The lowest BCUT2D eigenvalue weighted by Crippen LogP contribution is -2.13. The van der Waals surface area contributed by atoms with E-state index in [9.17, 15) is 0 Å². The molecular formula is C16H23N3O. The van der Waals surface area contributed by atoms with Crippen molar-refractivity contribution in [1.82, 2.24) is 15.1 Å². The Morgan fingerprint density at radius 2 is 1.95 bits per heavy atom. The Morgan fingerprint density at radius 1 is 1.20 bits per heavy atom. The topological polar surface area (TPSA) is 39.1 Å². The molecule has 0 atom stereocenters. The van der Waals surface area contributed by atoms with Gasteiger partial charge in [-0.1, -0.05) is 20.3 Å². The zero-order valence-electron chi connectivity index (χ0n) is 12.5. The predicted molar refractivity (Wildman–Crippen MR) is 81.5 cm³/mol. The summed E-state index contributed by atoms with van der Waals surface area (Å²) in [7, 11) is 1.68. The van der Waals surface area contributed by atoms with Crippen molar-refractivity contribution in [3.8, 4) is 11.4 Å². The predicted octanol–water partition coefficient (Wildman–Crippen LogP) is 2.94. The first kappa shape index (κ1) is 14.6.